The van der Waals surface area contributed by atoms with E-state index < -0.39 is 0 Å². The van der Waals surface area contributed by atoms with Crippen LogP contribution in [0.3, 0.4) is 0 Å². The van der Waals surface area contributed by atoms with E-state index in [9.17, 15) is 19.8 Å². The minimum absolute atomic E-state index is 0.0786. The van der Waals surface area contributed by atoms with E-state index >= 15 is 0 Å². The largest absolute Gasteiger partial charge is 0.504 e. The summed E-state index contributed by atoms with van der Waals surface area (Å²) in [7, 11) is 3.03. The molecule has 0 aliphatic carbocycles. The molecule has 0 fully saturated rings. The first kappa shape index (κ1) is 53.6. The molecule has 336 valence electrons. The molecule has 0 aliphatic heterocycles. The molecule has 2 aromatic carbocycles. The highest BCUT2D eigenvalue weighted by Crippen LogP contribution is 2.27. The fourth-order valence-corrected chi connectivity index (χ4v) is 6.44. The summed E-state index contributed by atoms with van der Waals surface area (Å²) < 4.78 is 10.2. The fraction of sp³-hybridized carbons (Fsp3) is 0.577. The van der Waals surface area contributed by atoms with Gasteiger partial charge in [-0.05, 0) is 99.6 Å². The highest BCUT2D eigenvalue weighted by molar-refractivity contribution is 5.76. The highest BCUT2D eigenvalue weighted by Gasteiger charge is 2.07. The number of benzene rings is 2. The lowest BCUT2D eigenvalue weighted by Crippen LogP contribution is -2.22. The summed E-state index contributed by atoms with van der Waals surface area (Å²) in [5.41, 5.74) is 1.83. The van der Waals surface area contributed by atoms with Crippen molar-refractivity contribution in [2.24, 2.45) is 0 Å². The minimum atomic E-state index is 0.0786. The van der Waals surface area contributed by atoms with Gasteiger partial charge < -0.3 is 30.3 Å². The second-order valence-electron chi connectivity index (χ2n) is 15.6. The maximum atomic E-state index is 12.0. The zero-order valence-corrected chi connectivity index (χ0v) is 38.0. The molecule has 0 radical (unpaired) electrons. The molecule has 0 unspecified atom stereocenters. The lowest BCUT2D eigenvalue weighted by Gasteiger charge is -2.08. The van der Waals surface area contributed by atoms with E-state index in [0.717, 1.165) is 49.7 Å². The molecule has 0 atom stereocenters. The zero-order valence-electron chi connectivity index (χ0n) is 38.0. The molecule has 0 bridgehead atoms. The minimum Gasteiger partial charge on any atom is -0.504 e. The van der Waals surface area contributed by atoms with Crippen LogP contribution in [-0.2, 0) is 22.7 Å². The Morgan fingerprint density at radius 1 is 0.500 bits per heavy atom. The van der Waals surface area contributed by atoms with Gasteiger partial charge in [0.15, 0.2) is 23.0 Å². The van der Waals surface area contributed by atoms with Crippen molar-refractivity contribution in [3.8, 4) is 23.0 Å². The van der Waals surface area contributed by atoms with Crippen molar-refractivity contribution in [3.05, 3.63) is 96.1 Å². The van der Waals surface area contributed by atoms with Crippen molar-refractivity contribution in [1.29, 1.82) is 0 Å². The van der Waals surface area contributed by atoms with Crippen LogP contribution in [0.4, 0.5) is 0 Å². The van der Waals surface area contributed by atoms with Gasteiger partial charge in [0.2, 0.25) is 11.8 Å². The van der Waals surface area contributed by atoms with Gasteiger partial charge in [0.05, 0.1) is 14.2 Å². The smallest absolute Gasteiger partial charge is 0.220 e. The zero-order chi connectivity index (χ0) is 43.7. The number of phenolic OH excluding ortho intramolecular Hbond substituents is 2. The molecule has 60 heavy (non-hydrogen) atoms. The van der Waals surface area contributed by atoms with Gasteiger partial charge in [-0.1, -0.05) is 152 Å². The first-order valence-corrected chi connectivity index (χ1v) is 23.2. The molecular formula is C52H82N2O6. The van der Waals surface area contributed by atoms with Crippen LogP contribution in [-0.4, -0.2) is 36.2 Å². The van der Waals surface area contributed by atoms with Gasteiger partial charge in [0.1, 0.15) is 0 Å². The summed E-state index contributed by atoms with van der Waals surface area (Å²) in [5.74, 6) is 1.23. The predicted octanol–water partition coefficient (Wildman–Crippen LogP) is 13.7. The van der Waals surface area contributed by atoms with Crippen LogP contribution in [0.1, 0.15) is 179 Å². The van der Waals surface area contributed by atoms with Gasteiger partial charge in [-0.3, -0.25) is 9.59 Å². The van der Waals surface area contributed by atoms with E-state index in [2.05, 4.69) is 73.1 Å². The molecule has 0 saturated carbocycles. The van der Waals surface area contributed by atoms with Crippen molar-refractivity contribution in [2.75, 3.05) is 14.2 Å². The van der Waals surface area contributed by atoms with Crippen LogP contribution < -0.4 is 20.1 Å². The Kier molecular flexibility index (Phi) is 34.6. The molecule has 2 amide bonds. The second kappa shape index (κ2) is 38.7. The molecule has 0 aromatic heterocycles. The van der Waals surface area contributed by atoms with Crippen LogP contribution in [0.15, 0.2) is 85.0 Å². The number of hydrogen-bond acceptors (Lipinski definition) is 6. The average molecular weight is 831 g/mol. The number of hydrogen-bond donors (Lipinski definition) is 4. The Balaban J connectivity index is 0.000000600. The predicted molar refractivity (Wildman–Crippen MR) is 252 cm³/mol. The lowest BCUT2D eigenvalue weighted by molar-refractivity contribution is -0.122. The van der Waals surface area contributed by atoms with E-state index in [1.165, 1.54) is 117 Å². The molecule has 2 rings (SSSR count). The van der Waals surface area contributed by atoms with Crippen LogP contribution in [0.25, 0.3) is 0 Å². The summed E-state index contributed by atoms with van der Waals surface area (Å²) in [6.07, 6.45) is 45.5. The standard InChI is InChI=1S/2C26H41NO3/c2*1-3-4-5-6-7-8-9-10-11-12-13-14-15-16-17-18-26(29)27-22-23-19-20-24(28)25(21-23)30-2/h7-10,19-21,28H,3-6,11-18,22H2,1-2H3,(H,27,29);6-7,9-10,19-21,28H,3-5,8,11-18,22H2,1-2H3,(H,27,29)/b8-7+,10-9-;7-6+,10-9-. The van der Waals surface area contributed by atoms with E-state index in [1.807, 2.05) is 0 Å². The van der Waals surface area contributed by atoms with Crippen molar-refractivity contribution in [2.45, 2.75) is 181 Å². The van der Waals surface area contributed by atoms with Crippen molar-refractivity contribution in [3.63, 3.8) is 0 Å². The van der Waals surface area contributed by atoms with Crippen LogP contribution >= 0.6 is 0 Å². The number of unbranched alkanes of at least 4 members (excludes halogenated alkanes) is 17. The summed E-state index contributed by atoms with van der Waals surface area (Å²) in [5, 5.41) is 25.1. The molecule has 0 aliphatic rings. The molecular weight excluding hydrogens is 749 g/mol. The molecule has 0 saturated heterocycles. The fourth-order valence-electron chi connectivity index (χ4n) is 6.44. The Hall–Kier alpha value is -4.46. The normalized spacial score (nSPS) is 11.4. The molecule has 2 aromatic rings. The Morgan fingerprint density at radius 2 is 0.883 bits per heavy atom. The van der Waals surface area contributed by atoms with E-state index in [0.29, 0.717) is 37.4 Å². The number of methoxy groups -OCH3 is 2. The number of allylic oxidation sites excluding steroid dienone is 8. The third-order valence-electron chi connectivity index (χ3n) is 10.2. The van der Waals surface area contributed by atoms with Crippen LogP contribution in [0.5, 0.6) is 23.0 Å². The molecule has 0 spiro atoms. The van der Waals surface area contributed by atoms with E-state index in [1.54, 1.807) is 36.4 Å². The second-order valence-corrected chi connectivity index (χ2v) is 15.6. The molecule has 8 heteroatoms. The Labute approximate surface area is 365 Å². The number of carbonyl (C=O) groups excluding carboxylic acids is 2. The number of rotatable bonds is 34. The highest BCUT2D eigenvalue weighted by atomic mass is 16.5. The number of amides is 2. The monoisotopic (exact) mass is 831 g/mol. The van der Waals surface area contributed by atoms with Gasteiger partial charge in [0.25, 0.3) is 0 Å². The first-order valence-electron chi connectivity index (χ1n) is 23.2. The number of carbonyl (C=O) groups is 2. The summed E-state index contributed by atoms with van der Waals surface area (Å²) >= 11 is 0. The van der Waals surface area contributed by atoms with Crippen molar-refractivity contribution < 1.29 is 29.3 Å². The van der Waals surface area contributed by atoms with Gasteiger partial charge in [0, 0.05) is 25.9 Å². The van der Waals surface area contributed by atoms with Crippen LogP contribution in [0.2, 0.25) is 0 Å². The molecule has 8 nitrogen and oxygen atoms in total. The maximum Gasteiger partial charge on any atom is 0.220 e. The van der Waals surface area contributed by atoms with E-state index in [-0.39, 0.29) is 23.3 Å². The van der Waals surface area contributed by atoms with Gasteiger partial charge in [-0.2, -0.15) is 0 Å². The number of ether oxygens (including phenoxy) is 2. The molecule has 0 heterocycles. The van der Waals surface area contributed by atoms with Gasteiger partial charge in [-0.15, -0.1) is 0 Å². The van der Waals surface area contributed by atoms with Gasteiger partial charge in [-0.25, -0.2) is 0 Å². The van der Waals surface area contributed by atoms with Gasteiger partial charge >= 0.3 is 0 Å². The number of aromatic hydroxyl groups is 2. The SMILES string of the molecule is CCCC/C=C/C/C=C\CCCCCCCCC(=O)NCc1ccc(O)c(OC)c1.CCCCC/C=C/C=C\CCCCCCCCC(=O)NCc1ccc(O)c(OC)c1. The molecule has 4 N–H and O–H groups in total. The Morgan fingerprint density at radius 3 is 1.32 bits per heavy atom. The maximum absolute atomic E-state index is 12.0. The quantitative estimate of drug-likeness (QED) is 0.0317. The summed E-state index contributed by atoms with van der Waals surface area (Å²) in [4.78, 5) is 23.9. The Bertz CT molecular complexity index is 1500. The lowest BCUT2D eigenvalue weighted by atomic mass is 10.1. The summed E-state index contributed by atoms with van der Waals surface area (Å²) in [6.45, 7) is 5.37. The number of phenols is 2. The van der Waals surface area contributed by atoms with Crippen LogP contribution in [0, 0.1) is 0 Å². The topological polar surface area (TPSA) is 117 Å². The van der Waals surface area contributed by atoms with Crippen molar-refractivity contribution in [1.82, 2.24) is 10.6 Å². The van der Waals surface area contributed by atoms with Crippen molar-refractivity contribution >= 4 is 11.8 Å². The third-order valence-corrected chi connectivity index (χ3v) is 10.2. The average Bonchev–Trinajstić information content (AvgIpc) is 3.26. The van der Waals surface area contributed by atoms with E-state index in [4.69, 9.17) is 9.47 Å². The summed E-state index contributed by atoms with van der Waals surface area (Å²) in [6, 6.07) is 10.2. The number of nitrogens with one attached hydrogen (secondary N) is 2. The first-order chi connectivity index (χ1) is 29.3. The third kappa shape index (κ3) is 30.6.